The van der Waals surface area contributed by atoms with Crippen molar-refractivity contribution < 1.29 is 17.9 Å². The van der Waals surface area contributed by atoms with Crippen molar-refractivity contribution in [3.63, 3.8) is 0 Å². The van der Waals surface area contributed by atoms with Crippen LogP contribution in [0.15, 0.2) is 29.4 Å². The van der Waals surface area contributed by atoms with Crippen LogP contribution in [-0.2, 0) is 27.4 Å². The lowest BCUT2D eigenvalue weighted by Crippen LogP contribution is -2.27. The highest BCUT2D eigenvalue weighted by Crippen LogP contribution is 2.32. The average molecular weight is 476 g/mol. The number of rotatable bonds is 4. The highest BCUT2D eigenvalue weighted by Gasteiger charge is 2.25. The molecule has 170 valence electrons. The summed E-state index contributed by atoms with van der Waals surface area (Å²) in [7, 11) is -3.34. The second-order valence-corrected chi connectivity index (χ2v) is 11.9. The molecule has 11 heteroatoms. The SMILES string of the molecule is CC(C)(C)OC(=O)Nc1nc2c(s1)CC(Nc1ncnc3ccc(S(C)(=O)=O)cc13)CC2. The maximum atomic E-state index is 12.0. The van der Waals surface area contributed by atoms with Crippen LogP contribution in [0.2, 0.25) is 0 Å². The fourth-order valence-electron chi connectivity index (χ4n) is 3.52. The summed E-state index contributed by atoms with van der Waals surface area (Å²) in [4.78, 5) is 26.5. The Bertz CT molecular complexity index is 1280. The Labute approximate surface area is 190 Å². The molecule has 2 heterocycles. The number of nitrogens with zero attached hydrogens (tertiary/aromatic N) is 3. The van der Waals surface area contributed by atoms with Gasteiger partial charge in [-0.3, -0.25) is 5.32 Å². The molecule has 2 N–H and O–H groups in total. The lowest BCUT2D eigenvalue weighted by atomic mass is 9.97. The fourth-order valence-corrected chi connectivity index (χ4v) is 5.24. The summed E-state index contributed by atoms with van der Waals surface area (Å²) in [5, 5.41) is 7.35. The van der Waals surface area contributed by atoms with E-state index in [-0.39, 0.29) is 10.9 Å². The number of hydrogen-bond donors (Lipinski definition) is 2. The molecular weight excluding hydrogens is 450 g/mol. The number of carbonyl (C=O) groups excluding carboxylic acids is 1. The maximum absolute atomic E-state index is 12.0. The van der Waals surface area contributed by atoms with Crippen LogP contribution in [0.25, 0.3) is 10.9 Å². The standard InChI is InChI=1S/C21H25N5O4S2/c1-21(2,3)30-20(27)26-19-25-16-7-5-12(9-17(16)31-19)24-18-14-10-13(32(4,28)29)6-8-15(14)22-11-23-18/h6,8,10-12H,5,7,9H2,1-4H3,(H,22,23,24)(H,25,26,27). The van der Waals surface area contributed by atoms with Crippen LogP contribution in [0.4, 0.5) is 15.7 Å². The molecule has 1 aromatic carbocycles. The summed E-state index contributed by atoms with van der Waals surface area (Å²) < 4.78 is 29.2. The molecule has 1 aliphatic carbocycles. The van der Waals surface area contributed by atoms with Crippen molar-refractivity contribution in [2.45, 2.75) is 56.6 Å². The summed E-state index contributed by atoms with van der Waals surface area (Å²) in [6.45, 7) is 5.43. The van der Waals surface area contributed by atoms with E-state index in [4.69, 9.17) is 4.74 Å². The molecule has 0 fully saturated rings. The van der Waals surface area contributed by atoms with Gasteiger partial charge >= 0.3 is 6.09 Å². The van der Waals surface area contributed by atoms with Gasteiger partial charge in [-0.25, -0.2) is 28.2 Å². The number of nitrogens with one attached hydrogen (secondary N) is 2. The zero-order valence-corrected chi connectivity index (χ0v) is 19.9. The normalized spacial score (nSPS) is 16.4. The van der Waals surface area contributed by atoms with Crippen LogP contribution in [0.3, 0.4) is 0 Å². The van der Waals surface area contributed by atoms with Gasteiger partial charge in [-0.1, -0.05) is 0 Å². The van der Waals surface area contributed by atoms with Crippen molar-refractivity contribution in [3.8, 4) is 0 Å². The van der Waals surface area contributed by atoms with E-state index >= 15 is 0 Å². The fraction of sp³-hybridized carbons (Fsp3) is 0.429. The van der Waals surface area contributed by atoms with E-state index in [1.165, 1.54) is 23.9 Å². The lowest BCUT2D eigenvalue weighted by molar-refractivity contribution is 0.0636. The third-order valence-corrected chi connectivity index (χ3v) is 7.07. The molecule has 4 rings (SSSR count). The van der Waals surface area contributed by atoms with E-state index < -0.39 is 21.5 Å². The van der Waals surface area contributed by atoms with Crippen LogP contribution in [0.1, 0.15) is 37.8 Å². The number of fused-ring (bicyclic) bond motifs is 2. The second-order valence-electron chi connectivity index (χ2n) is 8.77. The lowest BCUT2D eigenvalue weighted by Gasteiger charge is -2.23. The zero-order chi connectivity index (χ0) is 23.1. The van der Waals surface area contributed by atoms with E-state index in [0.29, 0.717) is 21.9 Å². The van der Waals surface area contributed by atoms with E-state index in [9.17, 15) is 13.2 Å². The van der Waals surface area contributed by atoms with Crippen LogP contribution in [0, 0.1) is 0 Å². The molecule has 0 spiro atoms. The molecule has 0 saturated carbocycles. The monoisotopic (exact) mass is 475 g/mol. The molecule has 1 unspecified atom stereocenters. The van der Waals surface area contributed by atoms with Gasteiger partial charge in [-0.2, -0.15) is 0 Å². The molecule has 0 radical (unpaired) electrons. The summed E-state index contributed by atoms with van der Waals surface area (Å²) >= 11 is 1.44. The van der Waals surface area contributed by atoms with E-state index in [1.807, 2.05) is 20.8 Å². The molecule has 1 atom stereocenters. The summed E-state index contributed by atoms with van der Waals surface area (Å²) in [6, 6.07) is 4.95. The number of ether oxygens (including phenoxy) is 1. The van der Waals surface area contributed by atoms with Crippen molar-refractivity contribution in [2.75, 3.05) is 16.9 Å². The molecular formula is C21H25N5O4S2. The number of amides is 1. The Kier molecular flexibility index (Phi) is 5.80. The van der Waals surface area contributed by atoms with Crippen molar-refractivity contribution in [3.05, 3.63) is 35.1 Å². The number of thiazole rings is 1. The van der Waals surface area contributed by atoms with Gasteiger partial charge in [-0.15, -0.1) is 11.3 Å². The van der Waals surface area contributed by atoms with Gasteiger partial charge in [-0.05, 0) is 51.8 Å². The molecule has 32 heavy (non-hydrogen) atoms. The van der Waals surface area contributed by atoms with Crippen LogP contribution >= 0.6 is 11.3 Å². The number of aromatic nitrogens is 3. The number of anilines is 2. The van der Waals surface area contributed by atoms with Crippen molar-refractivity contribution in [1.29, 1.82) is 0 Å². The minimum absolute atomic E-state index is 0.0947. The first-order valence-corrected chi connectivity index (χ1v) is 12.9. The van der Waals surface area contributed by atoms with Crippen LogP contribution in [-0.4, -0.2) is 47.4 Å². The summed E-state index contributed by atoms with van der Waals surface area (Å²) in [5.41, 5.74) is 1.08. The maximum Gasteiger partial charge on any atom is 0.413 e. The minimum Gasteiger partial charge on any atom is -0.444 e. The van der Waals surface area contributed by atoms with Crippen LogP contribution < -0.4 is 10.6 Å². The smallest absolute Gasteiger partial charge is 0.413 e. The van der Waals surface area contributed by atoms with Crippen molar-refractivity contribution in [2.24, 2.45) is 0 Å². The molecule has 2 aromatic heterocycles. The molecule has 1 amide bonds. The van der Waals surface area contributed by atoms with Gasteiger partial charge in [0, 0.05) is 29.0 Å². The third-order valence-electron chi connectivity index (χ3n) is 4.92. The highest BCUT2D eigenvalue weighted by molar-refractivity contribution is 7.90. The number of benzene rings is 1. The Morgan fingerprint density at radius 2 is 2.03 bits per heavy atom. The zero-order valence-electron chi connectivity index (χ0n) is 18.3. The molecule has 1 aliphatic rings. The van der Waals surface area contributed by atoms with Gasteiger partial charge in [0.1, 0.15) is 17.7 Å². The average Bonchev–Trinajstić information content (AvgIpc) is 3.07. The predicted molar refractivity (Wildman–Crippen MR) is 124 cm³/mol. The van der Waals surface area contributed by atoms with Gasteiger partial charge in [0.15, 0.2) is 15.0 Å². The largest absolute Gasteiger partial charge is 0.444 e. The number of hydrogen-bond acceptors (Lipinski definition) is 9. The first kappa shape index (κ1) is 22.4. The molecule has 0 aliphatic heterocycles. The van der Waals surface area contributed by atoms with Gasteiger partial charge in [0.2, 0.25) is 0 Å². The summed E-state index contributed by atoms with van der Waals surface area (Å²) in [5.74, 6) is 0.602. The topological polar surface area (TPSA) is 123 Å². The van der Waals surface area contributed by atoms with E-state index in [0.717, 1.165) is 29.8 Å². The molecule has 9 nitrogen and oxygen atoms in total. The number of carbonyl (C=O) groups is 1. The number of aryl methyl sites for hydroxylation is 1. The molecule has 0 saturated heterocycles. The first-order chi connectivity index (χ1) is 15.0. The molecule has 0 bridgehead atoms. The predicted octanol–water partition coefficient (Wildman–Crippen LogP) is 3.81. The summed E-state index contributed by atoms with van der Waals surface area (Å²) in [6.07, 6.45) is 4.44. The first-order valence-electron chi connectivity index (χ1n) is 10.2. The quantitative estimate of drug-likeness (QED) is 0.584. The second kappa shape index (κ2) is 8.28. The van der Waals surface area contributed by atoms with Gasteiger partial charge < -0.3 is 10.1 Å². The third kappa shape index (κ3) is 5.16. The Hall–Kier alpha value is -2.79. The van der Waals surface area contributed by atoms with Gasteiger partial charge in [0.05, 0.1) is 16.1 Å². The Balaban J connectivity index is 1.51. The van der Waals surface area contributed by atoms with Crippen LogP contribution in [0.5, 0.6) is 0 Å². The van der Waals surface area contributed by atoms with E-state index in [2.05, 4.69) is 25.6 Å². The van der Waals surface area contributed by atoms with E-state index in [1.54, 1.807) is 18.2 Å². The minimum atomic E-state index is -3.34. The highest BCUT2D eigenvalue weighted by atomic mass is 32.2. The Morgan fingerprint density at radius 1 is 1.25 bits per heavy atom. The molecule has 3 aromatic rings. The Morgan fingerprint density at radius 3 is 2.75 bits per heavy atom. The van der Waals surface area contributed by atoms with Gasteiger partial charge in [0.25, 0.3) is 0 Å². The van der Waals surface area contributed by atoms with Crippen molar-refractivity contribution >= 4 is 49.1 Å². The van der Waals surface area contributed by atoms with Crippen molar-refractivity contribution in [1.82, 2.24) is 15.0 Å². The number of sulfone groups is 1.